The van der Waals surface area contributed by atoms with Gasteiger partial charge in [0.15, 0.2) is 17.5 Å². The molecule has 2 atom stereocenters. The minimum atomic E-state index is -0.110. The van der Waals surface area contributed by atoms with Crippen molar-refractivity contribution in [2.24, 2.45) is 0 Å². The predicted octanol–water partition coefficient (Wildman–Crippen LogP) is 11.5. The van der Waals surface area contributed by atoms with Crippen molar-refractivity contribution >= 4 is 22.4 Å². The van der Waals surface area contributed by atoms with Crippen molar-refractivity contribution in [2.75, 3.05) is 0 Å². The van der Waals surface area contributed by atoms with Crippen LogP contribution < -0.4 is 4.74 Å². The van der Waals surface area contributed by atoms with Crippen LogP contribution >= 0.6 is 0 Å². The van der Waals surface area contributed by atoms with Gasteiger partial charge in [0.25, 0.3) is 0 Å². The molecular formula is C47H31N3O. The third kappa shape index (κ3) is 5.20. The second-order valence-corrected chi connectivity index (χ2v) is 13.2. The summed E-state index contributed by atoms with van der Waals surface area (Å²) in [6.45, 7) is 0. The number of fused-ring (bicyclic) bond motifs is 6. The van der Waals surface area contributed by atoms with Gasteiger partial charge in [0.1, 0.15) is 11.9 Å². The summed E-state index contributed by atoms with van der Waals surface area (Å²) in [6, 6.07) is 59.3. The van der Waals surface area contributed by atoms with E-state index in [1.807, 2.05) is 30.3 Å². The number of hydrogen-bond acceptors (Lipinski definition) is 4. The van der Waals surface area contributed by atoms with Gasteiger partial charge in [-0.05, 0) is 56.8 Å². The molecule has 7 aromatic carbocycles. The SMILES string of the molecule is C1=C(c2ccccc2)C2c3ccc(-c4nc(-c5ccccc5)nc(-c5ccc(-c6ccc7ccccc7c6)cc5)n4)cc3OC2c2ccccc21. The highest BCUT2D eigenvalue weighted by Gasteiger charge is 2.41. The van der Waals surface area contributed by atoms with Crippen molar-refractivity contribution in [1.82, 2.24) is 15.0 Å². The summed E-state index contributed by atoms with van der Waals surface area (Å²) >= 11 is 0. The van der Waals surface area contributed by atoms with Crippen molar-refractivity contribution in [3.8, 4) is 51.0 Å². The van der Waals surface area contributed by atoms with Gasteiger partial charge < -0.3 is 4.74 Å². The van der Waals surface area contributed by atoms with Crippen molar-refractivity contribution in [3.63, 3.8) is 0 Å². The Morgan fingerprint density at radius 1 is 0.392 bits per heavy atom. The van der Waals surface area contributed by atoms with Gasteiger partial charge in [-0.25, -0.2) is 15.0 Å². The van der Waals surface area contributed by atoms with Gasteiger partial charge in [-0.15, -0.1) is 0 Å². The average Bonchev–Trinajstić information content (AvgIpc) is 3.60. The summed E-state index contributed by atoms with van der Waals surface area (Å²) in [5.41, 5.74) is 11.1. The average molecular weight is 654 g/mol. The molecule has 0 fully saturated rings. The Morgan fingerprint density at radius 3 is 1.73 bits per heavy atom. The normalized spacial score (nSPS) is 15.7. The molecule has 4 nitrogen and oxygen atoms in total. The van der Waals surface area contributed by atoms with Crippen LogP contribution in [0.15, 0.2) is 170 Å². The number of ether oxygens (including phenoxy) is 1. The molecule has 1 aliphatic heterocycles. The van der Waals surface area contributed by atoms with Gasteiger partial charge in [-0.1, -0.05) is 158 Å². The van der Waals surface area contributed by atoms with Crippen molar-refractivity contribution < 1.29 is 4.74 Å². The summed E-state index contributed by atoms with van der Waals surface area (Å²) in [6.07, 6.45) is 2.22. The highest BCUT2D eigenvalue weighted by atomic mass is 16.5. The third-order valence-corrected chi connectivity index (χ3v) is 10.1. The van der Waals surface area contributed by atoms with E-state index in [-0.39, 0.29) is 12.0 Å². The highest BCUT2D eigenvalue weighted by Crippen LogP contribution is 2.56. The summed E-state index contributed by atoms with van der Waals surface area (Å²) in [5, 5.41) is 2.46. The van der Waals surface area contributed by atoms with E-state index in [0.717, 1.165) is 28.0 Å². The molecule has 0 radical (unpaired) electrons. The van der Waals surface area contributed by atoms with Crippen LogP contribution in [0.1, 0.15) is 34.3 Å². The van der Waals surface area contributed by atoms with E-state index in [9.17, 15) is 0 Å². The first-order chi connectivity index (χ1) is 25.2. The van der Waals surface area contributed by atoms with E-state index in [4.69, 9.17) is 19.7 Å². The van der Waals surface area contributed by atoms with Gasteiger partial charge in [0.05, 0.1) is 5.92 Å². The second-order valence-electron chi connectivity index (χ2n) is 13.2. The third-order valence-electron chi connectivity index (χ3n) is 10.1. The van der Waals surface area contributed by atoms with Crippen LogP contribution in [-0.2, 0) is 0 Å². The zero-order valence-electron chi connectivity index (χ0n) is 27.6. The van der Waals surface area contributed by atoms with E-state index in [2.05, 4.69) is 146 Å². The van der Waals surface area contributed by atoms with E-state index in [1.165, 1.54) is 44.2 Å². The molecule has 1 aromatic heterocycles. The van der Waals surface area contributed by atoms with Gasteiger partial charge in [0, 0.05) is 27.8 Å². The molecule has 0 spiro atoms. The van der Waals surface area contributed by atoms with E-state index < -0.39 is 0 Å². The molecule has 51 heavy (non-hydrogen) atoms. The van der Waals surface area contributed by atoms with Crippen LogP contribution in [0.25, 0.3) is 67.7 Å². The van der Waals surface area contributed by atoms with Gasteiger partial charge >= 0.3 is 0 Å². The molecule has 2 unspecified atom stereocenters. The molecule has 10 rings (SSSR count). The molecule has 0 saturated carbocycles. The van der Waals surface area contributed by atoms with Crippen LogP contribution in [0, 0.1) is 0 Å². The lowest BCUT2D eigenvalue weighted by Crippen LogP contribution is -2.16. The standard InChI is InChI=1S/C47H31N3O/c1-3-12-32(13-4-1)41-28-37-17-9-10-18-39(37)44-43(41)40-26-25-38(29-42(40)51-44)47-49-45(33-14-5-2-6-15-33)48-46(50-47)34-22-19-31(20-23-34)36-24-21-30-11-7-8-16-35(30)27-36/h1-29,43-44H. The van der Waals surface area contributed by atoms with Crippen LogP contribution in [0.2, 0.25) is 0 Å². The minimum absolute atomic E-state index is 0.0845. The fourth-order valence-corrected chi connectivity index (χ4v) is 7.56. The van der Waals surface area contributed by atoms with E-state index in [0.29, 0.717) is 17.5 Å². The summed E-state index contributed by atoms with van der Waals surface area (Å²) in [4.78, 5) is 15.1. The smallest absolute Gasteiger partial charge is 0.164 e. The fourth-order valence-electron chi connectivity index (χ4n) is 7.56. The number of aromatic nitrogens is 3. The predicted molar refractivity (Wildman–Crippen MR) is 206 cm³/mol. The maximum Gasteiger partial charge on any atom is 0.164 e. The lowest BCUT2D eigenvalue weighted by Gasteiger charge is -2.28. The Kier molecular flexibility index (Phi) is 6.91. The Balaban J connectivity index is 1.05. The highest BCUT2D eigenvalue weighted by molar-refractivity contribution is 5.91. The minimum Gasteiger partial charge on any atom is -0.484 e. The van der Waals surface area contributed by atoms with E-state index in [1.54, 1.807) is 0 Å². The monoisotopic (exact) mass is 653 g/mol. The Morgan fingerprint density at radius 2 is 0.961 bits per heavy atom. The van der Waals surface area contributed by atoms with Gasteiger partial charge in [-0.2, -0.15) is 0 Å². The second kappa shape index (κ2) is 12.0. The zero-order chi connectivity index (χ0) is 33.7. The maximum atomic E-state index is 6.85. The summed E-state index contributed by atoms with van der Waals surface area (Å²) in [5.74, 6) is 2.82. The number of hydrogen-bond donors (Lipinski definition) is 0. The van der Waals surface area contributed by atoms with Crippen LogP contribution in [0.4, 0.5) is 0 Å². The Labute approximate surface area is 296 Å². The first kappa shape index (κ1) is 29.3. The molecule has 1 aliphatic carbocycles. The number of rotatable bonds is 5. The molecular weight excluding hydrogens is 623 g/mol. The molecule has 2 aliphatic rings. The lowest BCUT2D eigenvalue weighted by atomic mass is 9.76. The van der Waals surface area contributed by atoms with Crippen molar-refractivity contribution in [2.45, 2.75) is 12.0 Å². The largest absolute Gasteiger partial charge is 0.484 e. The van der Waals surface area contributed by atoms with Crippen LogP contribution in [0.3, 0.4) is 0 Å². The zero-order valence-corrected chi connectivity index (χ0v) is 27.6. The number of benzene rings is 7. The summed E-state index contributed by atoms with van der Waals surface area (Å²) in [7, 11) is 0. The van der Waals surface area contributed by atoms with Gasteiger partial charge in [0.2, 0.25) is 0 Å². The van der Waals surface area contributed by atoms with Crippen molar-refractivity contribution in [1.29, 1.82) is 0 Å². The molecule has 4 heteroatoms. The maximum absolute atomic E-state index is 6.85. The Bertz CT molecular complexity index is 2610. The first-order valence-electron chi connectivity index (χ1n) is 17.3. The molecule has 0 amide bonds. The summed E-state index contributed by atoms with van der Waals surface area (Å²) < 4.78 is 6.85. The molecule has 0 bridgehead atoms. The quantitative estimate of drug-likeness (QED) is 0.185. The van der Waals surface area contributed by atoms with E-state index >= 15 is 0 Å². The Hall–Kier alpha value is -6.65. The molecule has 8 aromatic rings. The molecule has 2 heterocycles. The first-order valence-corrected chi connectivity index (χ1v) is 17.3. The topological polar surface area (TPSA) is 47.9 Å². The van der Waals surface area contributed by atoms with Crippen molar-refractivity contribution in [3.05, 3.63) is 192 Å². The number of nitrogens with zero attached hydrogens (tertiary/aromatic N) is 3. The van der Waals surface area contributed by atoms with Gasteiger partial charge in [-0.3, -0.25) is 0 Å². The lowest BCUT2D eigenvalue weighted by molar-refractivity contribution is 0.226. The molecule has 0 N–H and O–H groups in total. The molecule has 0 saturated heterocycles. The fraction of sp³-hybridized carbons (Fsp3) is 0.0426. The van der Waals surface area contributed by atoms with Crippen LogP contribution in [0.5, 0.6) is 5.75 Å². The molecule has 240 valence electrons. The van der Waals surface area contributed by atoms with Crippen LogP contribution in [-0.4, -0.2) is 15.0 Å².